The van der Waals surface area contributed by atoms with Gasteiger partial charge in [0.05, 0.1) is 12.2 Å². The van der Waals surface area contributed by atoms with Crippen molar-refractivity contribution in [2.75, 3.05) is 6.61 Å². The molecule has 1 atom stereocenters. The molecule has 1 aromatic rings. The number of benzene rings is 1. The Hall–Kier alpha value is -0.900. The fraction of sp³-hybridized carbons (Fsp3) is 0.500. The van der Waals surface area contributed by atoms with E-state index in [2.05, 4.69) is 17.0 Å². The number of hydrogen-bond donors (Lipinski definition) is 1. The normalized spacial score (nSPS) is 19.1. The molecule has 1 aromatic carbocycles. The fourth-order valence-electron chi connectivity index (χ4n) is 0.908. The van der Waals surface area contributed by atoms with Crippen LogP contribution in [0.25, 0.3) is 0 Å². The summed E-state index contributed by atoms with van der Waals surface area (Å²) in [5.74, 6) is 0. The van der Waals surface area contributed by atoms with E-state index in [1.807, 2.05) is 18.2 Å². The summed E-state index contributed by atoms with van der Waals surface area (Å²) in [4.78, 5) is 3.94. The van der Waals surface area contributed by atoms with Crippen LogP contribution in [0.4, 0.5) is 0 Å². The molecule has 0 saturated carbocycles. The lowest BCUT2D eigenvalue weighted by Gasteiger charge is -2.10. The van der Waals surface area contributed by atoms with E-state index in [1.54, 1.807) is 20.8 Å². The summed E-state index contributed by atoms with van der Waals surface area (Å²) >= 11 is 0. The molecule has 0 aliphatic carbocycles. The Morgan fingerprint density at radius 1 is 1.27 bits per heavy atom. The second kappa shape index (κ2) is 5.26. The number of epoxide rings is 1. The van der Waals surface area contributed by atoms with Crippen molar-refractivity contribution < 1.29 is 14.9 Å². The van der Waals surface area contributed by atoms with Crippen LogP contribution in [0.15, 0.2) is 30.3 Å². The molecule has 15 heavy (non-hydrogen) atoms. The molecule has 0 bridgehead atoms. The first-order valence-corrected chi connectivity index (χ1v) is 5.02. The average molecular weight is 210 g/mol. The van der Waals surface area contributed by atoms with E-state index in [0.29, 0.717) is 6.10 Å². The summed E-state index contributed by atoms with van der Waals surface area (Å²) in [6, 6.07) is 10.3. The van der Waals surface area contributed by atoms with E-state index in [0.717, 1.165) is 6.61 Å². The van der Waals surface area contributed by atoms with Crippen molar-refractivity contribution in [3.8, 4) is 0 Å². The van der Waals surface area contributed by atoms with Crippen LogP contribution in [0.2, 0.25) is 0 Å². The Labute approximate surface area is 90.6 Å². The summed E-state index contributed by atoms with van der Waals surface area (Å²) in [5, 5.41) is 7.90. The van der Waals surface area contributed by atoms with Gasteiger partial charge in [0.1, 0.15) is 6.10 Å². The molecule has 0 radical (unpaired) electrons. The summed E-state index contributed by atoms with van der Waals surface area (Å²) < 4.78 is 5.09. The zero-order valence-corrected chi connectivity index (χ0v) is 9.43. The fourth-order valence-corrected chi connectivity index (χ4v) is 0.908. The first kappa shape index (κ1) is 12.2. The maximum atomic E-state index is 7.90. The third-order valence-electron chi connectivity index (χ3n) is 1.78. The van der Waals surface area contributed by atoms with Gasteiger partial charge in [-0.1, -0.05) is 30.3 Å². The molecule has 1 N–H and O–H groups in total. The minimum atomic E-state index is -0.403. The molecule has 2 rings (SSSR count). The predicted molar refractivity (Wildman–Crippen MR) is 58.6 cm³/mol. The lowest BCUT2D eigenvalue weighted by molar-refractivity contribution is -0.306. The van der Waals surface area contributed by atoms with Gasteiger partial charge in [0.15, 0.2) is 0 Å². The van der Waals surface area contributed by atoms with Gasteiger partial charge in [0, 0.05) is 0 Å². The van der Waals surface area contributed by atoms with E-state index in [4.69, 9.17) is 9.99 Å². The zero-order chi connectivity index (χ0) is 11.3. The molecule has 3 nitrogen and oxygen atoms in total. The third-order valence-corrected chi connectivity index (χ3v) is 1.78. The molecule has 0 spiro atoms. The van der Waals surface area contributed by atoms with Crippen LogP contribution in [0.1, 0.15) is 32.4 Å². The lowest BCUT2D eigenvalue weighted by atomic mass is 10.2. The number of ether oxygens (including phenoxy) is 1. The van der Waals surface area contributed by atoms with Crippen LogP contribution in [-0.2, 0) is 9.62 Å². The highest BCUT2D eigenvalue weighted by atomic mass is 17.1. The van der Waals surface area contributed by atoms with Gasteiger partial charge in [-0.2, -0.15) is 0 Å². The predicted octanol–water partition coefficient (Wildman–Crippen LogP) is 3.03. The lowest BCUT2D eigenvalue weighted by Crippen LogP contribution is -2.15. The SMILES string of the molecule is CC(C)(C)OO.c1ccc(C2CO2)cc1. The Bertz CT molecular complexity index is 273. The molecule has 1 aliphatic heterocycles. The average Bonchev–Trinajstić information content (AvgIpc) is 3.02. The third kappa shape index (κ3) is 5.52. The van der Waals surface area contributed by atoms with Crippen molar-refractivity contribution >= 4 is 0 Å². The zero-order valence-electron chi connectivity index (χ0n) is 9.43. The van der Waals surface area contributed by atoms with Crippen molar-refractivity contribution in [2.45, 2.75) is 32.5 Å². The quantitative estimate of drug-likeness (QED) is 0.440. The molecular weight excluding hydrogens is 192 g/mol. The van der Waals surface area contributed by atoms with Crippen molar-refractivity contribution in [2.24, 2.45) is 0 Å². The number of hydrogen-bond acceptors (Lipinski definition) is 3. The van der Waals surface area contributed by atoms with Crippen LogP contribution >= 0.6 is 0 Å². The molecule has 1 unspecified atom stereocenters. The molecular formula is C12H18O3. The maximum absolute atomic E-state index is 7.90. The molecule has 84 valence electrons. The van der Waals surface area contributed by atoms with Crippen molar-refractivity contribution in [1.29, 1.82) is 0 Å². The van der Waals surface area contributed by atoms with Crippen LogP contribution in [0.5, 0.6) is 0 Å². The molecule has 3 heteroatoms. The maximum Gasteiger partial charge on any atom is 0.106 e. The van der Waals surface area contributed by atoms with Gasteiger partial charge >= 0.3 is 0 Å². The highest BCUT2D eigenvalue weighted by Gasteiger charge is 2.23. The van der Waals surface area contributed by atoms with E-state index < -0.39 is 5.60 Å². The standard InChI is InChI=1S/C8H8O.C4H10O2/c1-2-4-7(5-3-1)8-6-9-8;1-4(2,3)6-5/h1-5,8H,6H2;5H,1-3H3. The second-order valence-corrected chi connectivity index (χ2v) is 4.44. The second-order valence-electron chi connectivity index (χ2n) is 4.44. The first-order chi connectivity index (χ1) is 7.03. The largest absolute Gasteiger partial charge is 0.368 e. The Morgan fingerprint density at radius 2 is 1.73 bits per heavy atom. The molecule has 0 amide bonds. The van der Waals surface area contributed by atoms with Crippen molar-refractivity contribution in [3.63, 3.8) is 0 Å². The van der Waals surface area contributed by atoms with Crippen LogP contribution in [0.3, 0.4) is 0 Å². The first-order valence-electron chi connectivity index (χ1n) is 5.02. The van der Waals surface area contributed by atoms with Gasteiger partial charge in [0.2, 0.25) is 0 Å². The Balaban J connectivity index is 0.000000167. The monoisotopic (exact) mass is 210 g/mol. The van der Waals surface area contributed by atoms with Gasteiger partial charge in [-0.25, -0.2) is 4.89 Å². The van der Waals surface area contributed by atoms with E-state index in [1.165, 1.54) is 5.56 Å². The summed E-state index contributed by atoms with van der Waals surface area (Å²) in [6.07, 6.45) is 0.409. The highest BCUT2D eigenvalue weighted by molar-refractivity contribution is 5.19. The summed E-state index contributed by atoms with van der Waals surface area (Å²) in [5.41, 5.74) is 0.900. The van der Waals surface area contributed by atoms with Gasteiger partial charge in [-0.05, 0) is 26.3 Å². The van der Waals surface area contributed by atoms with E-state index >= 15 is 0 Å². The highest BCUT2D eigenvalue weighted by Crippen LogP contribution is 2.28. The van der Waals surface area contributed by atoms with Crippen molar-refractivity contribution in [1.82, 2.24) is 0 Å². The van der Waals surface area contributed by atoms with Gasteiger partial charge < -0.3 is 4.74 Å². The van der Waals surface area contributed by atoms with Crippen LogP contribution in [-0.4, -0.2) is 17.5 Å². The molecule has 1 aliphatic rings. The molecule has 1 saturated heterocycles. The van der Waals surface area contributed by atoms with Crippen LogP contribution < -0.4 is 0 Å². The summed E-state index contributed by atoms with van der Waals surface area (Å²) in [7, 11) is 0. The molecule has 0 aromatic heterocycles. The van der Waals surface area contributed by atoms with Gasteiger partial charge in [-0.3, -0.25) is 5.26 Å². The Morgan fingerprint density at radius 3 is 2.07 bits per heavy atom. The van der Waals surface area contributed by atoms with E-state index in [9.17, 15) is 0 Å². The topological polar surface area (TPSA) is 42.0 Å². The minimum absolute atomic E-state index is 0.403. The van der Waals surface area contributed by atoms with Gasteiger partial charge in [-0.15, -0.1) is 0 Å². The molecule has 1 fully saturated rings. The van der Waals surface area contributed by atoms with Crippen LogP contribution in [0, 0.1) is 0 Å². The smallest absolute Gasteiger partial charge is 0.106 e. The minimum Gasteiger partial charge on any atom is -0.368 e. The number of rotatable bonds is 1. The van der Waals surface area contributed by atoms with Crippen molar-refractivity contribution in [3.05, 3.63) is 35.9 Å². The van der Waals surface area contributed by atoms with Gasteiger partial charge in [0.25, 0.3) is 0 Å². The molecule has 1 heterocycles. The summed E-state index contributed by atoms with van der Waals surface area (Å²) in [6.45, 7) is 6.22. The van der Waals surface area contributed by atoms with E-state index in [-0.39, 0.29) is 0 Å². The Kier molecular flexibility index (Phi) is 4.27.